The molecule has 1 aromatic heterocycles. The Morgan fingerprint density at radius 3 is 2.40 bits per heavy atom. The molecule has 5 nitrogen and oxygen atoms in total. The number of carbonyl (C=O) groups is 1. The summed E-state index contributed by atoms with van der Waals surface area (Å²) >= 11 is 0. The predicted octanol–water partition coefficient (Wildman–Crippen LogP) is 1.94. The summed E-state index contributed by atoms with van der Waals surface area (Å²) in [6.07, 6.45) is 8.23. The van der Waals surface area contributed by atoms with Crippen LogP contribution < -0.4 is 11.1 Å². The summed E-state index contributed by atoms with van der Waals surface area (Å²) in [6.45, 7) is 0.814. The first kappa shape index (κ1) is 12.2. The van der Waals surface area contributed by atoms with Gasteiger partial charge in [0.25, 0.3) is 5.91 Å². The van der Waals surface area contributed by atoms with Crippen LogP contribution in [0.25, 0.3) is 0 Å². The van der Waals surface area contributed by atoms with Gasteiger partial charge in [-0.25, -0.2) is 0 Å². The Bertz CT molecular complexity index is 500. The van der Waals surface area contributed by atoms with Gasteiger partial charge < -0.3 is 11.1 Å². The van der Waals surface area contributed by atoms with Gasteiger partial charge in [0.15, 0.2) is 0 Å². The number of hydrogen-bond donors (Lipinski definition) is 3. The number of nitrogens with one attached hydrogen (secondary N) is 2. The standard InChI is InChI=1S/C15H22N4O/c16-13-4-12(18-19-13)14(20)17-8-15-5-9-1-10(6-15)3-11(2-9)7-15/h4,9-11H,1-3,5-8H2,(H,17,20)(H3,16,18,19). The highest BCUT2D eigenvalue weighted by atomic mass is 16.1. The zero-order valence-electron chi connectivity index (χ0n) is 11.7. The van der Waals surface area contributed by atoms with Crippen molar-refractivity contribution >= 4 is 11.7 Å². The third-order valence-electron chi connectivity index (χ3n) is 5.63. The maximum Gasteiger partial charge on any atom is 0.269 e. The molecule has 20 heavy (non-hydrogen) atoms. The van der Waals surface area contributed by atoms with Crippen molar-refractivity contribution < 1.29 is 4.79 Å². The first-order valence-corrected chi connectivity index (χ1v) is 7.71. The molecule has 1 heterocycles. The Balaban J connectivity index is 1.43. The topological polar surface area (TPSA) is 83.8 Å². The lowest BCUT2D eigenvalue weighted by Gasteiger charge is -2.56. The minimum Gasteiger partial charge on any atom is -0.382 e. The summed E-state index contributed by atoms with van der Waals surface area (Å²) in [5.41, 5.74) is 6.37. The van der Waals surface area contributed by atoms with Crippen molar-refractivity contribution in [1.82, 2.24) is 15.5 Å². The molecule has 0 spiro atoms. The van der Waals surface area contributed by atoms with Gasteiger partial charge in [-0.3, -0.25) is 9.89 Å². The third-order valence-corrected chi connectivity index (χ3v) is 5.63. The van der Waals surface area contributed by atoms with E-state index in [1.807, 2.05) is 0 Å². The second-order valence-corrected chi connectivity index (χ2v) is 7.31. The molecule has 108 valence electrons. The molecule has 1 aromatic rings. The minimum absolute atomic E-state index is 0.0788. The largest absolute Gasteiger partial charge is 0.382 e. The van der Waals surface area contributed by atoms with Crippen molar-refractivity contribution in [3.63, 3.8) is 0 Å². The first-order valence-electron chi connectivity index (χ1n) is 7.71. The van der Waals surface area contributed by atoms with E-state index in [1.165, 1.54) is 38.5 Å². The normalized spacial score (nSPS) is 38.1. The van der Waals surface area contributed by atoms with Gasteiger partial charge in [-0.1, -0.05) is 0 Å². The highest BCUT2D eigenvalue weighted by molar-refractivity contribution is 5.92. The molecule has 0 saturated heterocycles. The lowest BCUT2D eigenvalue weighted by atomic mass is 9.49. The van der Waals surface area contributed by atoms with Crippen LogP contribution in [0, 0.1) is 23.2 Å². The highest BCUT2D eigenvalue weighted by Crippen LogP contribution is 2.59. The van der Waals surface area contributed by atoms with E-state index in [2.05, 4.69) is 15.5 Å². The summed E-state index contributed by atoms with van der Waals surface area (Å²) in [7, 11) is 0. The van der Waals surface area contributed by atoms with Gasteiger partial charge in [0.05, 0.1) is 0 Å². The molecule has 0 aliphatic heterocycles. The Labute approximate surface area is 118 Å². The number of nitrogen functional groups attached to an aromatic ring is 1. The number of amides is 1. The fourth-order valence-electron chi connectivity index (χ4n) is 5.32. The van der Waals surface area contributed by atoms with Crippen molar-refractivity contribution in [2.75, 3.05) is 12.3 Å². The number of aromatic amines is 1. The number of aromatic nitrogens is 2. The molecule has 0 unspecified atom stereocenters. The van der Waals surface area contributed by atoms with Crippen LogP contribution in [-0.2, 0) is 0 Å². The van der Waals surface area contributed by atoms with Crippen molar-refractivity contribution in [3.05, 3.63) is 11.8 Å². The quantitative estimate of drug-likeness (QED) is 0.787. The van der Waals surface area contributed by atoms with Gasteiger partial charge in [0.2, 0.25) is 0 Å². The van der Waals surface area contributed by atoms with Crippen molar-refractivity contribution in [2.24, 2.45) is 23.2 Å². The van der Waals surface area contributed by atoms with Gasteiger partial charge in [0.1, 0.15) is 11.5 Å². The average Bonchev–Trinajstić information content (AvgIpc) is 2.81. The van der Waals surface area contributed by atoms with Crippen molar-refractivity contribution in [1.29, 1.82) is 0 Å². The lowest BCUT2D eigenvalue weighted by molar-refractivity contribution is -0.0503. The van der Waals surface area contributed by atoms with Crippen LogP contribution in [0.5, 0.6) is 0 Å². The number of rotatable bonds is 3. The summed E-state index contributed by atoms with van der Waals surface area (Å²) < 4.78 is 0. The fourth-order valence-corrected chi connectivity index (χ4v) is 5.32. The average molecular weight is 274 g/mol. The first-order chi connectivity index (χ1) is 9.62. The Morgan fingerprint density at radius 1 is 1.30 bits per heavy atom. The highest BCUT2D eigenvalue weighted by Gasteiger charge is 2.50. The molecule has 4 bridgehead atoms. The smallest absolute Gasteiger partial charge is 0.269 e. The number of carbonyl (C=O) groups excluding carboxylic acids is 1. The minimum atomic E-state index is -0.0788. The molecule has 4 fully saturated rings. The van der Waals surface area contributed by atoms with Crippen LogP contribution >= 0.6 is 0 Å². The Morgan fingerprint density at radius 2 is 1.90 bits per heavy atom. The van der Waals surface area contributed by atoms with E-state index in [0.29, 0.717) is 16.9 Å². The van der Waals surface area contributed by atoms with Crippen molar-refractivity contribution in [2.45, 2.75) is 38.5 Å². The SMILES string of the molecule is Nc1cc(C(=O)NCC23CC4CC(CC(C4)C2)C3)[nH]n1. The molecular formula is C15H22N4O. The van der Waals surface area contributed by atoms with Crippen LogP contribution in [0.2, 0.25) is 0 Å². The van der Waals surface area contributed by atoms with Crippen LogP contribution in [0.15, 0.2) is 6.07 Å². The molecule has 4 aliphatic carbocycles. The zero-order valence-corrected chi connectivity index (χ0v) is 11.7. The molecule has 4 saturated carbocycles. The van der Waals surface area contributed by atoms with Gasteiger partial charge in [-0.05, 0) is 61.7 Å². The number of hydrogen-bond acceptors (Lipinski definition) is 3. The van der Waals surface area contributed by atoms with E-state index >= 15 is 0 Å². The Kier molecular flexibility index (Phi) is 2.59. The van der Waals surface area contributed by atoms with E-state index in [-0.39, 0.29) is 5.91 Å². The van der Waals surface area contributed by atoms with E-state index < -0.39 is 0 Å². The van der Waals surface area contributed by atoms with Gasteiger partial charge >= 0.3 is 0 Å². The number of anilines is 1. The maximum atomic E-state index is 12.1. The molecule has 5 heteroatoms. The fraction of sp³-hybridized carbons (Fsp3) is 0.733. The molecule has 0 aromatic carbocycles. The summed E-state index contributed by atoms with van der Waals surface area (Å²) in [5, 5.41) is 9.58. The van der Waals surface area contributed by atoms with Crippen LogP contribution in [-0.4, -0.2) is 22.6 Å². The molecular weight excluding hydrogens is 252 g/mol. The molecule has 0 radical (unpaired) electrons. The Hall–Kier alpha value is -1.52. The number of nitrogens with two attached hydrogens (primary N) is 1. The van der Waals surface area contributed by atoms with E-state index in [0.717, 1.165) is 24.3 Å². The monoisotopic (exact) mass is 274 g/mol. The van der Waals surface area contributed by atoms with Gasteiger partial charge in [0, 0.05) is 12.6 Å². The second kappa shape index (κ2) is 4.24. The van der Waals surface area contributed by atoms with E-state index in [9.17, 15) is 4.79 Å². The molecule has 0 atom stereocenters. The van der Waals surface area contributed by atoms with Crippen LogP contribution in [0.3, 0.4) is 0 Å². The third kappa shape index (κ3) is 2.00. The molecule has 4 N–H and O–H groups in total. The molecule has 1 amide bonds. The predicted molar refractivity (Wildman–Crippen MR) is 75.9 cm³/mol. The lowest BCUT2D eigenvalue weighted by Crippen LogP contribution is -2.51. The van der Waals surface area contributed by atoms with E-state index in [4.69, 9.17) is 5.73 Å². The van der Waals surface area contributed by atoms with Gasteiger partial charge in [-0.2, -0.15) is 5.10 Å². The van der Waals surface area contributed by atoms with Gasteiger partial charge in [-0.15, -0.1) is 0 Å². The van der Waals surface area contributed by atoms with Crippen LogP contribution in [0.4, 0.5) is 5.82 Å². The number of nitrogens with zero attached hydrogens (tertiary/aromatic N) is 1. The van der Waals surface area contributed by atoms with Crippen molar-refractivity contribution in [3.8, 4) is 0 Å². The summed E-state index contributed by atoms with van der Waals surface area (Å²) in [4.78, 5) is 12.1. The molecule has 4 aliphatic rings. The summed E-state index contributed by atoms with van der Waals surface area (Å²) in [5.74, 6) is 3.04. The zero-order chi connectivity index (χ0) is 13.7. The maximum absolute atomic E-state index is 12.1. The van der Waals surface area contributed by atoms with E-state index in [1.54, 1.807) is 6.07 Å². The van der Waals surface area contributed by atoms with Crippen LogP contribution in [0.1, 0.15) is 49.0 Å². The second-order valence-electron chi connectivity index (χ2n) is 7.31. The molecule has 5 rings (SSSR count). The summed E-state index contributed by atoms with van der Waals surface area (Å²) in [6, 6.07) is 1.59. The number of H-pyrrole nitrogens is 1.